The molecule has 0 saturated carbocycles. The Morgan fingerprint density at radius 1 is 1.12 bits per heavy atom. The summed E-state index contributed by atoms with van der Waals surface area (Å²) in [5.41, 5.74) is 1.21. The zero-order valence-corrected chi connectivity index (χ0v) is 10.1. The molecule has 2 rings (SSSR count). The molecule has 0 saturated heterocycles. The van der Waals surface area contributed by atoms with Crippen molar-refractivity contribution < 1.29 is 9.84 Å². The third-order valence-electron chi connectivity index (χ3n) is 3.13. The third kappa shape index (κ3) is 4.33. The molecular weight excluding hydrogens is 212 g/mol. The van der Waals surface area contributed by atoms with Crippen molar-refractivity contribution in [3.63, 3.8) is 0 Å². The van der Waals surface area contributed by atoms with Crippen molar-refractivity contribution in [3.8, 4) is 0 Å². The molecular formula is C15H20O2. The normalized spacial score (nSPS) is 25.2. The van der Waals surface area contributed by atoms with Crippen LogP contribution in [0.3, 0.4) is 0 Å². The van der Waals surface area contributed by atoms with E-state index in [0.717, 1.165) is 25.7 Å². The molecule has 2 heteroatoms. The molecule has 0 aromatic heterocycles. The van der Waals surface area contributed by atoms with Crippen LogP contribution in [0, 0.1) is 0 Å². The molecule has 1 aliphatic rings. The molecule has 0 fully saturated rings. The van der Waals surface area contributed by atoms with E-state index in [2.05, 4.69) is 18.2 Å². The van der Waals surface area contributed by atoms with Crippen molar-refractivity contribution in [1.29, 1.82) is 0 Å². The molecule has 0 spiro atoms. The predicted molar refractivity (Wildman–Crippen MR) is 68.6 cm³/mol. The summed E-state index contributed by atoms with van der Waals surface area (Å²) >= 11 is 0. The van der Waals surface area contributed by atoms with Crippen LogP contribution in [0.25, 0.3) is 0 Å². The monoisotopic (exact) mass is 232 g/mol. The van der Waals surface area contributed by atoms with Gasteiger partial charge in [-0.05, 0) is 31.2 Å². The topological polar surface area (TPSA) is 29.5 Å². The average molecular weight is 232 g/mol. The van der Waals surface area contributed by atoms with E-state index in [1.165, 1.54) is 5.56 Å². The maximum Gasteiger partial charge on any atom is 0.0721 e. The summed E-state index contributed by atoms with van der Waals surface area (Å²) in [4.78, 5) is 0. The lowest BCUT2D eigenvalue weighted by molar-refractivity contribution is 0.0211. The first kappa shape index (κ1) is 12.3. The van der Waals surface area contributed by atoms with E-state index in [1.54, 1.807) is 0 Å². The van der Waals surface area contributed by atoms with E-state index in [1.807, 2.05) is 24.3 Å². The highest BCUT2D eigenvalue weighted by atomic mass is 16.5. The number of aliphatic hydroxyl groups is 1. The number of rotatable bonds is 3. The van der Waals surface area contributed by atoms with E-state index in [-0.39, 0.29) is 12.2 Å². The zero-order valence-electron chi connectivity index (χ0n) is 10.1. The second-order valence-electron chi connectivity index (χ2n) is 4.57. The number of benzene rings is 1. The smallest absolute Gasteiger partial charge is 0.0721 e. The molecule has 1 N–H and O–H groups in total. The van der Waals surface area contributed by atoms with E-state index in [0.29, 0.717) is 6.61 Å². The van der Waals surface area contributed by atoms with Gasteiger partial charge in [-0.15, -0.1) is 0 Å². The molecule has 0 heterocycles. The molecule has 1 aromatic carbocycles. The second kappa shape index (κ2) is 6.58. The minimum Gasteiger partial charge on any atom is -0.389 e. The van der Waals surface area contributed by atoms with Crippen molar-refractivity contribution in [2.24, 2.45) is 0 Å². The highest BCUT2D eigenvalue weighted by molar-refractivity contribution is 5.13. The fourth-order valence-electron chi connectivity index (χ4n) is 2.09. The Labute approximate surface area is 103 Å². The highest BCUT2D eigenvalue weighted by Gasteiger charge is 2.13. The minimum atomic E-state index is -0.293. The standard InChI is InChI=1S/C15H20O2/c16-14-8-4-5-9-15(11-10-14)17-12-13-6-2-1-3-7-13/h1-4,6-8,14-16H,5,9-12H2. The van der Waals surface area contributed by atoms with Crippen molar-refractivity contribution in [3.05, 3.63) is 48.0 Å². The van der Waals surface area contributed by atoms with Gasteiger partial charge in [0.15, 0.2) is 0 Å². The lowest BCUT2D eigenvalue weighted by Crippen LogP contribution is -2.17. The highest BCUT2D eigenvalue weighted by Crippen LogP contribution is 2.17. The number of ether oxygens (including phenoxy) is 1. The van der Waals surface area contributed by atoms with Crippen LogP contribution in [0.1, 0.15) is 31.2 Å². The summed E-state index contributed by atoms with van der Waals surface area (Å²) in [5, 5.41) is 9.57. The van der Waals surface area contributed by atoms with E-state index < -0.39 is 0 Å². The summed E-state index contributed by atoms with van der Waals surface area (Å²) < 4.78 is 5.91. The van der Waals surface area contributed by atoms with Gasteiger partial charge in [-0.3, -0.25) is 0 Å². The molecule has 2 atom stereocenters. The first-order valence-corrected chi connectivity index (χ1v) is 6.35. The van der Waals surface area contributed by atoms with Gasteiger partial charge in [-0.25, -0.2) is 0 Å². The minimum absolute atomic E-state index is 0.273. The Bertz CT molecular complexity index is 345. The van der Waals surface area contributed by atoms with Gasteiger partial charge in [0.05, 0.1) is 18.8 Å². The molecule has 0 amide bonds. The van der Waals surface area contributed by atoms with Crippen molar-refractivity contribution >= 4 is 0 Å². The lowest BCUT2D eigenvalue weighted by atomic mass is 10.0. The number of aliphatic hydroxyl groups excluding tert-OH is 1. The Morgan fingerprint density at radius 2 is 1.94 bits per heavy atom. The molecule has 0 aliphatic heterocycles. The molecule has 0 radical (unpaired) electrons. The van der Waals surface area contributed by atoms with Crippen LogP contribution in [-0.4, -0.2) is 17.3 Å². The Hall–Kier alpha value is -1.12. The zero-order chi connectivity index (χ0) is 11.9. The van der Waals surface area contributed by atoms with Crippen LogP contribution >= 0.6 is 0 Å². The summed E-state index contributed by atoms with van der Waals surface area (Å²) in [6, 6.07) is 10.2. The van der Waals surface area contributed by atoms with Gasteiger partial charge in [0.2, 0.25) is 0 Å². The number of hydrogen-bond acceptors (Lipinski definition) is 2. The largest absolute Gasteiger partial charge is 0.389 e. The number of hydrogen-bond donors (Lipinski definition) is 1. The van der Waals surface area contributed by atoms with Gasteiger partial charge >= 0.3 is 0 Å². The third-order valence-corrected chi connectivity index (χ3v) is 3.13. The quantitative estimate of drug-likeness (QED) is 0.812. The first-order chi connectivity index (χ1) is 8.34. The molecule has 2 unspecified atom stereocenters. The van der Waals surface area contributed by atoms with E-state index in [9.17, 15) is 5.11 Å². The first-order valence-electron chi connectivity index (χ1n) is 6.35. The summed E-state index contributed by atoms with van der Waals surface area (Å²) in [6.07, 6.45) is 7.73. The van der Waals surface area contributed by atoms with E-state index >= 15 is 0 Å². The van der Waals surface area contributed by atoms with Crippen molar-refractivity contribution in [2.75, 3.05) is 0 Å². The molecule has 0 bridgehead atoms. The lowest BCUT2D eigenvalue weighted by Gasteiger charge is -2.20. The van der Waals surface area contributed by atoms with Crippen LogP contribution in [-0.2, 0) is 11.3 Å². The molecule has 1 aromatic rings. The van der Waals surface area contributed by atoms with Crippen LogP contribution in [0.2, 0.25) is 0 Å². The van der Waals surface area contributed by atoms with E-state index in [4.69, 9.17) is 4.74 Å². The second-order valence-corrected chi connectivity index (χ2v) is 4.57. The fourth-order valence-corrected chi connectivity index (χ4v) is 2.09. The Kier molecular flexibility index (Phi) is 4.77. The van der Waals surface area contributed by atoms with Crippen molar-refractivity contribution in [1.82, 2.24) is 0 Å². The van der Waals surface area contributed by atoms with Crippen molar-refractivity contribution in [2.45, 2.75) is 44.5 Å². The molecule has 1 aliphatic carbocycles. The fraction of sp³-hybridized carbons (Fsp3) is 0.467. The van der Waals surface area contributed by atoms with Crippen LogP contribution < -0.4 is 0 Å². The summed E-state index contributed by atoms with van der Waals surface area (Å²) in [7, 11) is 0. The Morgan fingerprint density at radius 3 is 2.76 bits per heavy atom. The van der Waals surface area contributed by atoms with Gasteiger partial charge in [0.25, 0.3) is 0 Å². The predicted octanol–water partition coefficient (Wildman–Crippen LogP) is 3.06. The SMILES string of the molecule is OC1C=CCCC(OCc2ccccc2)CC1. The van der Waals surface area contributed by atoms with Crippen LogP contribution in [0.15, 0.2) is 42.5 Å². The summed E-state index contributed by atoms with van der Waals surface area (Å²) in [5.74, 6) is 0. The molecule has 17 heavy (non-hydrogen) atoms. The molecule has 92 valence electrons. The van der Waals surface area contributed by atoms with Gasteiger partial charge in [0, 0.05) is 0 Å². The van der Waals surface area contributed by atoms with Crippen LogP contribution in [0.4, 0.5) is 0 Å². The molecule has 2 nitrogen and oxygen atoms in total. The number of allylic oxidation sites excluding steroid dienone is 1. The maximum absolute atomic E-state index is 9.57. The maximum atomic E-state index is 9.57. The van der Waals surface area contributed by atoms with Gasteiger partial charge in [-0.1, -0.05) is 42.5 Å². The van der Waals surface area contributed by atoms with Gasteiger partial charge < -0.3 is 9.84 Å². The average Bonchev–Trinajstić information content (AvgIpc) is 2.35. The van der Waals surface area contributed by atoms with Gasteiger partial charge in [-0.2, -0.15) is 0 Å². The summed E-state index contributed by atoms with van der Waals surface area (Å²) in [6.45, 7) is 0.672. The van der Waals surface area contributed by atoms with Gasteiger partial charge in [0.1, 0.15) is 0 Å². The van der Waals surface area contributed by atoms with Crippen LogP contribution in [0.5, 0.6) is 0 Å². The Balaban J connectivity index is 1.80.